The molecule has 0 bridgehead atoms. The van der Waals surface area contributed by atoms with E-state index in [2.05, 4.69) is 15.4 Å². The molecular weight excluding hydrogens is 282 g/mol. The van der Waals surface area contributed by atoms with Gasteiger partial charge in [-0.25, -0.2) is 4.98 Å². The molecule has 7 nitrogen and oxygen atoms in total. The lowest BCUT2D eigenvalue weighted by molar-refractivity contribution is 0.102. The number of hydrogen-bond donors (Lipinski definition) is 1. The van der Waals surface area contributed by atoms with Gasteiger partial charge in [0.15, 0.2) is 0 Å². The third kappa shape index (κ3) is 2.84. The summed E-state index contributed by atoms with van der Waals surface area (Å²) in [6.07, 6.45) is 4.21. The van der Waals surface area contributed by atoms with Gasteiger partial charge < -0.3 is 14.5 Å². The summed E-state index contributed by atoms with van der Waals surface area (Å²) in [6.45, 7) is 0.594. The third-order valence-corrected chi connectivity index (χ3v) is 3.38. The fraction of sp³-hybridized carbons (Fsp3) is 0.267. The first-order valence-electron chi connectivity index (χ1n) is 6.93. The first kappa shape index (κ1) is 14.3. The number of nitrogens with one attached hydrogen (secondary N) is 1. The SMILES string of the molecule is COCCc1cc(NC(=O)c2cc3cccn3cn2)n(C)n1. The van der Waals surface area contributed by atoms with Crippen molar-refractivity contribution in [3.63, 3.8) is 0 Å². The van der Waals surface area contributed by atoms with Crippen molar-refractivity contribution in [3.05, 3.63) is 48.2 Å². The maximum absolute atomic E-state index is 12.3. The van der Waals surface area contributed by atoms with E-state index in [0.717, 1.165) is 11.2 Å². The molecule has 22 heavy (non-hydrogen) atoms. The standard InChI is InChI=1S/C15H17N5O2/c1-19-14(8-11(18-19)5-7-22-2)17-15(21)13-9-12-4-3-6-20(12)10-16-13/h3-4,6,8-10H,5,7H2,1-2H3,(H,17,21). The van der Waals surface area contributed by atoms with Crippen molar-refractivity contribution in [1.82, 2.24) is 19.2 Å². The summed E-state index contributed by atoms with van der Waals surface area (Å²) in [5.74, 6) is 0.373. The van der Waals surface area contributed by atoms with Gasteiger partial charge in [0.2, 0.25) is 0 Å². The Bertz CT molecular complexity index is 805. The molecule has 114 valence electrons. The van der Waals surface area contributed by atoms with Gasteiger partial charge in [-0.05, 0) is 18.2 Å². The Morgan fingerprint density at radius 2 is 2.27 bits per heavy atom. The zero-order chi connectivity index (χ0) is 15.5. The molecule has 3 heterocycles. The van der Waals surface area contributed by atoms with E-state index in [4.69, 9.17) is 4.74 Å². The fourth-order valence-corrected chi connectivity index (χ4v) is 2.21. The molecule has 3 aromatic heterocycles. The van der Waals surface area contributed by atoms with E-state index in [0.29, 0.717) is 24.5 Å². The largest absolute Gasteiger partial charge is 0.384 e. The van der Waals surface area contributed by atoms with Crippen LogP contribution in [-0.2, 0) is 18.2 Å². The lowest BCUT2D eigenvalue weighted by Crippen LogP contribution is -2.16. The molecule has 7 heteroatoms. The number of anilines is 1. The van der Waals surface area contributed by atoms with Crippen molar-refractivity contribution < 1.29 is 9.53 Å². The number of aromatic nitrogens is 4. The highest BCUT2D eigenvalue weighted by molar-refractivity contribution is 6.03. The molecule has 3 rings (SSSR count). The highest BCUT2D eigenvalue weighted by Gasteiger charge is 2.12. The van der Waals surface area contributed by atoms with Crippen LogP contribution in [0.3, 0.4) is 0 Å². The van der Waals surface area contributed by atoms with E-state index < -0.39 is 0 Å². The minimum absolute atomic E-state index is 0.259. The van der Waals surface area contributed by atoms with Crippen LogP contribution in [0.2, 0.25) is 0 Å². The molecule has 0 aliphatic carbocycles. The lowest BCUT2D eigenvalue weighted by atomic mass is 10.3. The van der Waals surface area contributed by atoms with Crippen LogP contribution in [0, 0.1) is 0 Å². The molecule has 0 fully saturated rings. The number of carbonyl (C=O) groups is 1. The van der Waals surface area contributed by atoms with Gasteiger partial charge in [-0.2, -0.15) is 5.10 Å². The van der Waals surface area contributed by atoms with Gasteiger partial charge in [0, 0.05) is 38.4 Å². The predicted octanol–water partition coefficient (Wildman–Crippen LogP) is 1.51. The lowest BCUT2D eigenvalue weighted by Gasteiger charge is -2.05. The Labute approximate surface area is 127 Å². The number of aryl methyl sites for hydroxylation is 1. The van der Waals surface area contributed by atoms with Gasteiger partial charge in [0.1, 0.15) is 11.5 Å². The molecule has 1 N–H and O–H groups in total. The van der Waals surface area contributed by atoms with Gasteiger partial charge >= 0.3 is 0 Å². The van der Waals surface area contributed by atoms with Crippen LogP contribution in [0.5, 0.6) is 0 Å². The fourth-order valence-electron chi connectivity index (χ4n) is 2.21. The number of rotatable bonds is 5. The summed E-state index contributed by atoms with van der Waals surface area (Å²) in [5, 5.41) is 7.16. The van der Waals surface area contributed by atoms with E-state index in [1.807, 2.05) is 28.8 Å². The van der Waals surface area contributed by atoms with Crippen molar-refractivity contribution >= 4 is 17.2 Å². The summed E-state index contributed by atoms with van der Waals surface area (Å²) < 4.78 is 8.52. The second-order valence-electron chi connectivity index (χ2n) is 4.96. The van der Waals surface area contributed by atoms with Gasteiger partial charge in [-0.1, -0.05) is 0 Å². The van der Waals surface area contributed by atoms with Crippen LogP contribution >= 0.6 is 0 Å². The maximum Gasteiger partial charge on any atom is 0.275 e. The third-order valence-electron chi connectivity index (χ3n) is 3.38. The second kappa shape index (κ2) is 5.98. The Morgan fingerprint density at radius 3 is 3.09 bits per heavy atom. The van der Waals surface area contributed by atoms with Crippen molar-refractivity contribution in [2.24, 2.45) is 7.05 Å². The molecule has 0 saturated carbocycles. The smallest absolute Gasteiger partial charge is 0.275 e. The van der Waals surface area contributed by atoms with Gasteiger partial charge in [-0.15, -0.1) is 0 Å². The number of amides is 1. The minimum Gasteiger partial charge on any atom is -0.384 e. The molecule has 0 spiro atoms. The number of carbonyl (C=O) groups excluding carboxylic acids is 1. The molecule has 0 radical (unpaired) electrons. The Hall–Kier alpha value is -2.67. The monoisotopic (exact) mass is 299 g/mol. The van der Waals surface area contributed by atoms with Crippen molar-refractivity contribution in [2.45, 2.75) is 6.42 Å². The van der Waals surface area contributed by atoms with E-state index in [1.165, 1.54) is 0 Å². The summed E-state index contributed by atoms with van der Waals surface area (Å²) in [7, 11) is 3.44. The normalized spacial score (nSPS) is 11.0. The van der Waals surface area contributed by atoms with Crippen molar-refractivity contribution in [3.8, 4) is 0 Å². The quantitative estimate of drug-likeness (QED) is 0.775. The highest BCUT2D eigenvalue weighted by Crippen LogP contribution is 2.12. The minimum atomic E-state index is -0.259. The molecule has 3 aromatic rings. The second-order valence-corrected chi connectivity index (χ2v) is 4.96. The van der Waals surface area contributed by atoms with Crippen LogP contribution in [0.4, 0.5) is 5.82 Å². The first-order valence-corrected chi connectivity index (χ1v) is 6.93. The summed E-state index contributed by atoms with van der Waals surface area (Å²) >= 11 is 0. The molecule has 0 aromatic carbocycles. The number of fused-ring (bicyclic) bond motifs is 1. The van der Waals surface area contributed by atoms with E-state index in [1.54, 1.807) is 31.2 Å². The number of methoxy groups -OCH3 is 1. The molecule has 1 amide bonds. The molecular formula is C15H17N5O2. The molecule has 0 unspecified atom stereocenters. The Morgan fingerprint density at radius 1 is 1.41 bits per heavy atom. The maximum atomic E-state index is 12.3. The van der Waals surface area contributed by atoms with E-state index in [9.17, 15) is 4.79 Å². The van der Waals surface area contributed by atoms with E-state index >= 15 is 0 Å². The van der Waals surface area contributed by atoms with Gasteiger partial charge in [-0.3, -0.25) is 9.48 Å². The summed E-state index contributed by atoms with van der Waals surface area (Å²) in [6, 6.07) is 7.41. The number of ether oxygens (including phenoxy) is 1. The van der Waals surface area contributed by atoms with Crippen LogP contribution in [0.15, 0.2) is 36.8 Å². The molecule has 0 aliphatic heterocycles. The van der Waals surface area contributed by atoms with Crippen LogP contribution in [-0.4, -0.2) is 38.8 Å². The Kier molecular flexibility index (Phi) is 3.88. The molecule has 0 atom stereocenters. The predicted molar refractivity (Wildman–Crippen MR) is 81.9 cm³/mol. The van der Waals surface area contributed by atoms with Crippen molar-refractivity contribution in [1.29, 1.82) is 0 Å². The number of nitrogens with zero attached hydrogens (tertiary/aromatic N) is 4. The summed E-state index contributed by atoms with van der Waals surface area (Å²) in [5.41, 5.74) is 2.16. The van der Waals surface area contributed by atoms with Crippen LogP contribution in [0.25, 0.3) is 5.52 Å². The average Bonchev–Trinajstić information content (AvgIpc) is 3.11. The number of hydrogen-bond acceptors (Lipinski definition) is 4. The van der Waals surface area contributed by atoms with Gasteiger partial charge in [0.25, 0.3) is 5.91 Å². The van der Waals surface area contributed by atoms with Crippen molar-refractivity contribution in [2.75, 3.05) is 19.0 Å². The average molecular weight is 299 g/mol. The molecule has 0 aliphatic rings. The van der Waals surface area contributed by atoms with E-state index in [-0.39, 0.29) is 5.91 Å². The first-order chi connectivity index (χ1) is 10.7. The topological polar surface area (TPSA) is 73.4 Å². The van der Waals surface area contributed by atoms with Crippen LogP contribution < -0.4 is 5.32 Å². The Balaban J connectivity index is 1.77. The zero-order valence-corrected chi connectivity index (χ0v) is 12.5. The zero-order valence-electron chi connectivity index (χ0n) is 12.5. The van der Waals surface area contributed by atoms with Gasteiger partial charge in [0.05, 0.1) is 18.6 Å². The highest BCUT2D eigenvalue weighted by atomic mass is 16.5. The molecule has 0 saturated heterocycles. The summed E-state index contributed by atoms with van der Waals surface area (Å²) in [4.78, 5) is 16.5. The van der Waals surface area contributed by atoms with Crippen LogP contribution in [0.1, 0.15) is 16.2 Å².